The van der Waals surface area contributed by atoms with E-state index < -0.39 is 5.97 Å². The number of imidazole rings is 1. The standard InChI is InChI=1S/C22H16N4O4/c1-30-17-8-9-23-16(17)10-13-18-14(25-21(13)27)6-7-15-19(18)26-20(24-15)11-2-4-12(5-3-11)22(28)29/h2-10,23H,1H3,(H,24,26)(H,25,27)(H,28,29)/b13-10-. The molecule has 148 valence electrons. The van der Waals surface area contributed by atoms with Gasteiger partial charge in [0.15, 0.2) is 0 Å². The SMILES string of the molecule is COc1cc[nH]c1/C=C1\C(=O)Nc2ccc3[nH]c(-c4ccc(C(=O)O)cc4)nc3c21. The number of ether oxygens (including phenoxy) is 1. The van der Waals surface area contributed by atoms with Gasteiger partial charge in [0.25, 0.3) is 5.91 Å². The molecule has 1 aliphatic heterocycles. The minimum Gasteiger partial charge on any atom is -0.495 e. The number of carbonyl (C=O) groups is 2. The number of nitrogens with one attached hydrogen (secondary N) is 3. The third-order valence-electron chi connectivity index (χ3n) is 5.07. The van der Waals surface area contributed by atoms with Crippen LogP contribution in [0.3, 0.4) is 0 Å². The fourth-order valence-corrected chi connectivity index (χ4v) is 3.60. The van der Waals surface area contributed by atoms with Crippen molar-refractivity contribution < 1.29 is 19.4 Å². The van der Waals surface area contributed by atoms with E-state index in [2.05, 4.69) is 15.3 Å². The zero-order chi connectivity index (χ0) is 20.8. The van der Waals surface area contributed by atoms with Crippen LogP contribution in [0.2, 0.25) is 0 Å². The third-order valence-corrected chi connectivity index (χ3v) is 5.07. The molecule has 8 heteroatoms. The van der Waals surface area contributed by atoms with Gasteiger partial charge in [0.2, 0.25) is 0 Å². The molecule has 0 radical (unpaired) electrons. The average molecular weight is 400 g/mol. The summed E-state index contributed by atoms with van der Waals surface area (Å²) in [7, 11) is 1.57. The first-order chi connectivity index (χ1) is 14.5. The van der Waals surface area contributed by atoms with Gasteiger partial charge in [-0.1, -0.05) is 12.1 Å². The number of amides is 1. The van der Waals surface area contributed by atoms with E-state index in [9.17, 15) is 9.59 Å². The van der Waals surface area contributed by atoms with Crippen molar-refractivity contribution in [2.24, 2.45) is 0 Å². The summed E-state index contributed by atoms with van der Waals surface area (Å²) in [5.74, 6) is 0.0243. The average Bonchev–Trinajstić information content (AvgIpc) is 3.45. The molecule has 0 bridgehead atoms. The fourth-order valence-electron chi connectivity index (χ4n) is 3.60. The topological polar surface area (TPSA) is 120 Å². The Morgan fingerprint density at radius 1 is 1.13 bits per heavy atom. The number of carbonyl (C=O) groups excluding carboxylic acids is 1. The van der Waals surface area contributed by atoms with Crippen LogP contribution >= 0.6 is 0 Å². The van der Waals surface area contributed by atoms with Gasteiger partial charge in [0.05, 0.1) is 40.7 Å². The molecule has 0 fully saturated rings. The molecule has 1 aliphatic rings. The predicted octanol–water partition coefficient (Wildman–Crippen LogP) is 3.76. The number of aromatic nitrogens is 3. The molecule has 0 aliphatic carbocycles. The molecule has 0 saturated carbocycles. The molecule has 2 aromatic heterocycles. The van der Waals surface area contributed by atoms with Gasteiger partial charge in [-0.3, -0.25) is 4.79 Å². The van der Waals surface area contributed by atoms with E-state index in [-0.39, 0.29) is 11.5 Å². The summed E-state index contributed by atoms with van der Waals surface area (Å²) in [6.07, 6.45) is 3.49. The summed E-state index contributed by atoms with van der Waals surface area (Å²) in [5, 5.41) is 12.0. The zero-order valence-electron chi connectivity index (χ0n) is 15.8. The Bertz CT molecular complexity index is 1350. The lowest BCUT2D eigenvalue weighted by Gasteiger charge is -2.01. The van der Waals surface area contributed by atoms with Crippen molar-refractivity contribution in [2.75, 3.05) is 12.4 Å². The molecule has 8 nitrogen and oxygen atoms in total. The summed E-state index contributed by atoms with van der Waals surface area (Å²) in [6.45, 7) is 0. The molecule has 0 saturated heterocycles. The molecule has 0 spiro atoms. The highest BCUT2D eigenvalue weighted by molar-refractivity contribution is 6.37. The lowest BCUT2D eigenvalue weighted by molar-refractivity contribution is -0.110. The second-order valence-corrected chi connectivity index (χ2v) is 6.82. The van der Waals surface area contributed by atoms with Gasteiger partial charge in [-0.25, -0.2) is 9.78 Å². The van der Waals surface area contributed by atoms with Crippen LogP contribution in [-0.2, 0) is 4.79 Å². The molecule has 0 atom stereocenters. The Labute approximate surface area is 170 Å². The molecule has 5 rings (SSSR count). The number of carboxylic acids is 1. The maximum atomic E-state index is 12.7. The summed E-state index contributed by atoms with van der Waals surface area (Å²) < 4.78 is 5.32. The number of nitrogens with zero attached hydrogens (tertiary/aromatic N) is 1. The second-order valence-electron chi connectivity index (χ2n) is 6.82. The normalized spacial score (nSPS) is 14.2. The Morgan fingerprint density at radius 3 is 2.67 bits per heavy atom. The fraction of sp³-hybridized carbons (Fsp3) is 0.0455. The van der Waals surface area contributed by atoms with Crippen LogP contribution in [0.25, 0.3) is 34.1 Å². The molecule has 1 amide bonds. The largest absolute Gasteiger partial charge is 0.495 e. The number of aromatic amines is 2. The van der Waals surface area contributed by atoms with Crippen molar-refractivity contribution in [1.29, 1.82) is 0 Å². The molecule has 2 aromatic carbocycles. The number of benzene rings is 2. The maximum absolute atomic E-state index is 12.7. The van der Waals surface area contributed by atoms with Crippen LogP contribution in [-0.4, -0.2) is 39.0 Å². The van der Waals surface area contributed by atoms with E-state index in [0.29, 0.717) is 39.6 Å². The number of hydrogen-bond donors (Lipinski definition) is 4. The van der Waals surface area contributed by atoms with Crippen LogP contribution in [0, 0.1) is 0 Å². The molecule has 30 heavy (non-hydrogen) atoms. The summed E-state index contributed by atoms with van der Waals surface area (Å²) >= 11 is 0. The van der Waals surface area contributed by atoms with Crippen molar-refractivity contribution in [2.45, 2.75) is 0 Å². The lowest BCUT2D eigenvalue weighted by atomic mass is 10.0. The number of carboxylic acid groups (broad SMARTS) is 1. The Kier molecular flexibility index (Phi) is 3.92. The van der Waals surface area contributed by atoms with E-state index >= 15 is 0 Å². The summed E-state index contributed by atoms with van der Waals surface area (Å²) in [4.78, 5) is 34.8. The van der Waals surface area contributed by atoms with E-state index in [1.165, 1.54) is 12.1 Å². The minimum absolute atomic E-state index is 0.204. The van der Waals surface area contributed by atoms with Crippen molar-refractivity contribution in [3.05, 3.63) is 65.5 Å². The maximum Gasteiger partial charge on any atom is 0.335 e. The van der Waals surface area contributed by atoms with Gasteiger partial charge in [0.1, 0.15) is 11.6 Å². The first-order valence-electron chi connectivity index (χ1n) is 9.16. The van der Waals surface area contributed by atoms with E-state index in [1.807, 2.05) is 12.1 Å². The number of methoxy groups -OCH3 is 1. The van der Waals surface area contributed by atoms with E-state index in [1.54, 1.807) is 37.6 Å². The van der Waals surface area contributed by atoms with Gasteiger partial charge in [-0.05, 0) is 36.4 Å². The number of fused-ring (bicyclic) bond motifs is 3. The zero-order valence-corrected chi connectivity index (χ0v) is 15.8. The minimum atomic E-state index is -0.983. The molecule has 4 aromatic rings. The smallest absolute Gasteiger partial charge is 0.335 e. The highest BCUT2D eigenvalue weighted by Crippen LogP contribution is 2.39. The quantitative estimate of drug-likeness (QED) is 0.389. The van der Waals surface area contributed by atoms with Gasteiger partial charge in [-0.2, -0.15) is 0 Å². The van der Waals surface area contributed by atoms with Crippen molar-refractivity contribution in [3.63, 3.8) is 0 Å². The van der Waals surface area contributed by atoms with Gasteiger partial charge in [-0.15, -0.1) is 0 Å². The van der Waals surface area contributed by atoms with Gasteiger partial charge >= 0.3 is 5.97 Å². The Balaban J connectivity index is 1.64. The highest BCUT2D eigenvalue weighted by atomic mass is 16.5. The summed E-state index contributed by atoms with van der Waals surface area (Å²) in [5.41, 5.74) is 4.94. The number of rotatable bonds is 4. The molecular formula is C22H16N4O4. The highest BCUT2D eigenvalue weighted by Gasteiger charge is 2.28. The summed E-state index contributed by atoms with van der Waals surface area (Å²) in [6, 6.07) is 11.9. The monoisotopic (exact) mass is 400 g/mol. The Hall–Kier alpha value is -4.33. The first-order valence-corrected chi connectivity index (χ1v) is 9.16. The molecule has 3 heterocycles. The lowest BCUT2D eigenvalue weighted by Crippen LogP contribution is -2.03. The van der Waals surface area contributed by atoms with E-state index in [0.717, 1.165) is 11.1 Å². The number of hydrogen-bond acceptors (Lipinski definition) is 4. The first kappa shape index (κ1) is 17.7. The van der Waals surface area contributed by atoms with Crippen molar-refractivity contribution in [3.8, 4) is 17.1 Å². The third kappa shape index (κ3) is 2.74. The number of aromatic carboxylic acids is 1. The number of anilines is 1. The molecule has 0 unspecified atom stereocenters. The van der Waals surface area contributed by atoms with Crippen LogP contribution < -0.4 is 10.1 Å². The number of H-pyrrole nitrogens is 2. The van der Waals surface area contributed by atoms with Crippen LogP contribution in [0.5, 0.6) is 5.75 Å². The Morgan fingerprint density at radius 2 is 1.93 bits per heavy atom. The molecular weight excluding hydrogens is 384 g/mol. The van der Waals surface area contributed by atoms with E-state index in [4.69, 9.17) is 14.8 Å². The van der Waals surface area contributed by atoms with Crippen LogP contribution in [0.1, 0.15) is 21.6 Å². The second kappa shape index (κ2) is 6.63. The predicted molar refractivity (Wildman–Crippen MR) is 112 cm³/mol. The van der Waals surface area contributed by atoms with Crippen LogP contribution in [0.15, 0.2) is 48.7 Å². The van der Waals surface area contributed by atoms with Crippen LogP contribution in [0.4, 0.5) is 5.69 Å². The van der Waals surface area contributed by atoms with Crippen molar-refractivity contribution in [1.82, 2.24) is 15.0 Å². The van der Waals surface area contributed by atoms with Gasteiger partial charge in [0, 0.05) is 17.3 Å². The molecule has 4 N–H and O–H groups in total. The van der Waals surface area contributed by atoms with Crippen molar-refractivity contribution >= 4 is 40.2 Å². The van der Waals surface area contributed by atoms with Gasteiger partial charge < -0.3 is 25.1 Å².